The van der Waals surface area contributed by atoms with E-state index in [4.69, 9.17) is 14.2 Å². The number of esters is 1. The maximum absolute atomic E-state index is 12.4. The molecule has 3 atom stereocenters. The number of hydrogen-bond donors (Lipinski definition) is 0. The van der Waals surface area contributed by atoms with Crippen LogP contribution in [-0.4, -0.2) is 38.9 Å². The van der Waals surface area contributed by atoms with Crippen molar-refractivity contribution in [2.75, 3.05) is 21.3 Å². The van der Waals surface area contributed by atoms with E-state index in [1.807, 2.05) is 6.08 Å². The predicted molar refractivity (Wildman–Crippen MR) is 71.0 cm³/mol. The third-order valence-electron chi connectivity index (χ3n) is 3.81. The standard InChI is InChI=1S/C12H15IO5/c1-16-11(15)7-4-8-9(13)5-6(7)10(14)12(8,17-2)18-3/h5-8H,4H2,1-3H3/t6-,7-,8-/m0/s1. The largest absolute Gasteiger partial charge is 0.469 e. The lowest BCUT2D eigenvalue weighted by Gasteiger charge is -2.48. The van der Waals surface area contributed by atoms with Gasteiger partial charge >= 0.3 is 5.97 Å². The fourth-order valence-electron chi connectivity index (χ4n) is 2.88. The lowest BCUT2D eigenvalue weighted by atomic mass is 9.64. The molecule has 0 aromatic heterocycles. The van der Waals surface area contributed by atoms with E-state index in [2.05, 4.69) is 22.6 Å². The molecule has 0 radical (unpaired) electrons. The average Bonchev–Trinajstić information content (AvgIpc) is 2.39. The third kappa shape index (κ3) is 1.73. The average molecular weight is 366 g/mol. The van der Waals surface area contributed by atoms with Crippen molar-refractivity contribution in [2.45, 2.75) is 12.2 Å². The van der Waals surface area contributed by atoms with E-state index in [9.17, 15) is 9.59 Å². The van der Waals surface area contributed by atoms with Crippen LogP contribution in [0.3, 0.4) is 0 Å². The number of allylic oxidation sites excluding steroid dienone is 1. The van der Waals surface area contributed by atoms with E-state index in [1.165, 1.54) is 21.3 Å². The molecule has 0 aromatic rings. The van der Waals surface area contributed by atoms with Gasteiger partial charge in [-0.15, -0.1) is 0 Å². The second-order valence-electron chi connectivity index (χ2n) is 4.44. The first-order chi connectivity index (χ1) is 8.51. The highest BCUT2D eigenvalue weighted by molar-refractivity contribution is 14.1. The first-order valence-electron chi connectivity index (χ1n) is 5.61. The van der Waals surface area contributed by atoms with Gasteiger partial charge in [0.15, 0.2) is 5.78 Å². The minimum atomic E-state index is -1.25. The minimum Gasteiger partial charge on any atom is -0.469 e. The van der Waals surface area contributed by atoms with Gasteiger partial charge in [0.1, 0.15) is 0 Å². The lowest BCUT2D eigenvalue weighted by Crippen LogP contribution is -2.61. The highest BCUT2D eigenvalue weighted by atomic mass is 127. The number of halogens is 1. The maximum Gasteiger partial charge on any atom is 0.309 e. The minimum absolute atomic E-state index is 0.195. The molecule has 0 unspecified atom stereocenters. The highest BCUT2D eigenvalue weighted by Crippen LogP contribution is 2.51. The second-order valence-corrected chi connectivity index (χ2v) is 5.68. The number of Topliss-reactive ketones (excluding diaryl/α,β-unsaturated/α-hetero) is 1. The Morgan fingerprint density at radius 3 is 2.50 bits per heavy atom. The number of methoxy groups -OCH3 is 3. The Balaban J connectivity index is 2.42. The van der Waals surface area contributed by atoms with Crippen molar-refractivity contribution in [2.24, 2.45) is 17.8 Å². The van der Waals surface area contributed by atoms with Crippen LogP contribution in [0.25, 0.3) is 0 Å². The molecule has 18 heavy (non-hydrogen) atoms. The summed E-state index contributed by atoms with van der Waals surface area (Å²) in [5.41, 5.74) is 0. The number of rotatable bonds is 3. The van der Waals surface area contributed by atoms with Crippen LogP contribution in [0, 0.1) is 17.8 Å². The highest BCUT2D eigenvalue weighted by Gasteiger charge is 2.61. The molecule has 0 aromatic carbocycles. The Morgan fingerprint density at radius 2 is 2.00 bits per heavy atom. The topological polar surface area (TPSA) is 61.8 Å². The molecule has 1 fully saturated rings. The molecule has 3 aliphatic rings. The molecule has 1 saturated carbocycles. The molecule has 6 heteroatoms. The Kier molecular flexibility index (Phi) is 3.80. The van der Waals surface area contributed by atoms with Gasteiger partial charge in [0.2, 0.25) is 5.79 Å². The van der Waals surface area contributed by atoms with Crippen LogP contribution in [0.5, 0.6) is 0 Å². The number of hydrogen-bond acceptors (Lipinski definition) is 5. The molecule has 0 N–H and O–H groups in total. The summed E-state index contributed by atoms with van der Waals surface area (Å²) in [5.74, 6) is -2.98. The summed E-state index contributed by atoms with van der Waals surface area (Å²) >= 11 is 2.17. The van der Waals surface area contributed by atoms with Crippen LogP contribution in [0.2, 0.25) is 0 Å². The molecule has 2 bridgehead atoms. The van der Waals surface area contributed by atoms with E-state index in [-0.39, 0.29) is 17.7 Å². The Morgan fingerprint density at radius 1 is 1.39 bits per heavy atom. The van der Waals surface area contributed by atoms with Crippen LogP contribution in [0.1, 0.15) is 6.42 Å². The van der Waals surface area contributed by atoms with Gasteiger partial charge in [0.25, 0.3) is 0 Å². The summed E-state index contributed by atoms with van der Waals surface area (Å²) in [6.45, 7) is 0. The van der Waals surface area contributed by atoms with Crippen LogP contribution < -0.4 is 0 Å². The third-order valence-corrected chi connectivity index (χ3v) is 4.92. The molecule has 3 aliphatic carbocycles. The SMILES string of the molecule is COC(=O)[C@H]1C[C@H]2C(I)=C[C@@H]1C(=O)C2(OC)OC. The first kappa shape index (κ1) is 14.0. The maximum atomic E-state index is 12.4. The number of carbonyl (C=O) groups excluding carboxylic acids is 2. The smallest absolute Gasteiger partial charge is 0.309 e. The van der Waals surface area contributed by atoms with Crippen LogP contribution in [0.4, 0.5) is 0 Å². The molecule has 0 saturated heterocycles. The summed E-state index contributed by atoms with van der Waals surface area (Å²) in [6, 6.07) is 0. The van der Waals surface area contributed by atoms with Gasteiger partial charge in [-0.3, -0.25) is 9.59 Å². The van der Waals surface area contributed by atoms with Gasteiger partial charge < -0.3 is 14.2 Å². The fraction of sp³-hybridized carbons (Fsp3) is 0.667. The molecule has 0 heterocycles. The summed E-state index contributed by atoms with van der Waals surface area (Å²) in [4.78, 5) is 24.2. The Hall–Kier alpha value is -0.470. The van der Waals surface area contributed by atoms with Crippen molar-refractivity contribution in [1.82, 2.24) is 0 Å². The van der Waals surface area contributed by atoms with Crippen LogP contribution in [-0.2, 0) is 23.8 Å². The number of fused-ring (bicyclic) bond motifs is 2. The zero-order valence-corrected chi connectivity index (χ0v) is 12.6. The summed E-state index contributed by atoms with van der Waals surface area (Å²) < 4.78 is 16.4. The summed E-state index contributed by atoms with van der Waals surface area (Å²) in [6.07, 6.45) is 2.34. The summed E-state index contributed by atoms with van der Waals surface area (Å²) in [5, 5.41) is 0. The van der Waals surface area contributed by atoms with Crippen LogP contribution >= 0.6 is 22.6 Å². The van der Waals surface area contributed by atoms with Crippen molar-refractivity contribution in [3.8, 4) is 0 Å². The van der Waals surface area contributed by atoms with Crippen molar-refractivity contribution < 1.29 is 23.8 Å². The molecule has 0 spiro atoms. The molecule has 100 valence electrons. The van der Waals surface area contributed by atoms with E-state index in [0.717, 1.165) is 3.58 Å². The molecular weight excluding hydrogens is 351 g/mol. The normalized spacial score (nSPS) is 33.2. The predicted octanol–water partition coefficient (Wildman–Crippen LogP) is 1.30. The molecule has 3 rings (SSSR count). The van der Waals surface area contributed by atoms with Gasteiger partial charge in [-0.2, -0.15) is 0 Å². The quantitative estimate of drug-likeness (QED) is 0.428. The fourth-order valence-corrected chi connectivity index (χ4v) is 3.93. The van der Waals surface area contributed by atoms with Gasteiger partial charge in [0.05, 0.1) is 24.9 Å². The first-order valence-corrected chi connectivity index (χ1v) is 6.69. The van der Waals surface area contributed by atoms with E-state index in [1.54, 1.807) is 0 Å². The van der Waals surface area contributed by atoms with Gasteiger partial charge in [-0.25, -0.2) is 0 Å². The van der Waals surface area contributed by atoms with Crippen molar-refractivity contribution in [3.05, 3.63) is 9.66 Å². The number of ether oxygens (including phenoxy) is 3. The van der Waals surface area contributed by atoms with Crippen molar-refractivity contribution in [1.29, 1.82) is 0 Å². The van der Waals surface area contributed by atoms with Gasteiger partial charge in [0, 0.05) is 14.2 Å². The second kappa shape index (κ2) is 4.90. The molecule has 0 aliphatic heterocycles. The number of carbonyl (C=O) groups is 2. The van der Waals surface area contributed by atoms with E-state index >= 15 is 0 Å². The zero-order chi connectivity index (χ0) is 13.5. The Labute approximate surface area is 119 Å². The Bertz CT molecular complexity index is 413. The monoisotopic (exact) mass is 366 g/mol. The molecular formula is C12H15IO5. The molecule has 5 nitrogen and oxygen atoms in total. The van der Waals surface area contributed by atoms with Gasteiger partial charge in [-0.1, -0.05) is 6.08 Å². The van der Waals surface area contributed by atoms with Crippen LogP contribution in [0.15, 0.2) is 9.66 Å². The lowest BCUT2D eigenvalue weighted by molar-refractivity contribution is -0.240. The van der Waals surface area contributed by atoms with Gasteiger partial charge in [-0.05, 0) is 32.6 Å². The zero-order valence-electron chi connectivity index (χ0n) is 10.4. The van der Waals surface area contributed by atoms with E-state index < -0.39 is 17.6 Å². The van der Waals surface area contributed by atoms with E-state index in [0.29, 0.717) is 6.42 Å². The van der Waals surface area contributed by atoms with Crippen molar-refractivity contribution >= 4 is 34.3 Å². The number of ketones is 1. The summed E-state index contributed by atoms with van der Waals surface area (Å²) in [7, 11) is 4.25. The molecule has 0 amide bonds. The van der Waals surface area contributed by atoms with Crippen molar-refractivity contribution in [3.63, 3.8) is 0 Å².